The molecule has 1 aromatic carbocycles. The summed E-state index contributed by atoms with van der Waals surface area (Å²) < 4.78 is 15.9. The van der Waals surface area contributed by atoms with Gasteiger partial charge in [-0.3, -0.25) is 5.32 Å². The van der Waals surface area contributed by atoms with Gasteiger partial charge in [0, 0.05) is 18.3 Å². The third-order valence-corrected chi connectivity index (χ3v) is 2.24. The summed E-state index contributed by atoms with van der Waals surface area (Å²) in [5, 5.41) is 2.66. The molecule has 0 radical (unpaired) electrons. The summed E-state index contributed by atoms with van der Waals surface area (Å²) in [7, 11) is 0. The fourth-order valence-corrected chi connectivity index (χ4v) is 1.49. The molecule has 0 aliphatic rings. The molecule has 0 aromatic heterocycles. The van der Waals surface area contributed by atoms with Gasteiger partial charge in [-0.1, -0.05) is 6.07 Å². The molecule has 0 saturated heterocycles. The van der Waals surface area contributed by atoms with Crippen molar-refractivity contribution in [3.8, 4) is 5.75 Å². The zero-order valence-electron chi connectivity index (χ0n) is 12.8. The molecule has 1 rings (SSSR count). The number of nitrogens with one attached hydrogen (secondary N) is 1. The van der Waals surface area contributed by atoms with E-state index in [0.29, 0.717) is 37.8 Å². The van der Waals surface area contributed by atoms with Crippen LogP contribution < -0.4 is 15.8 Å². The summed E-state index contributed by atoms with van der Waals surface area (Å²) in [4.78, 5) is 11.7. The number of rotatable bonds is 7. The lowest BCUT2D eigenvalue weighted by molar-refractivity contribution is 0.0636. The quantitative estimate of drug-likeness (QED) is 0.755. The molecule has 1 aromatic rings. The molecule has 0 aliphatic carbocycles. The standard InChI is InChI=1S/C15H24N2O4/c1-15(2,3)21-14(18)17-12-5-4-6-13(11-12)20-10-9-19-8-7-16/h4-6,11H,7-10,16H2,1-3H3,(H,17,18). The SMILES string of the molecule is CC(C)(C)OC(=O)Nc1cccc(OCCOCCN)c1. The van der Waals surface area contributed by atoms with Crippen LogP contribution in [0.4, 0.5) is 10.5 Å². The number of ether oxygens (including phenoxy) is 3. The predicted molar refractivity (Wildman–Crippen MR) is 81.7 cm³/mol. The van der Waals surface area contributed by atoms with Gasteiger partial charge in [0.1, 0.15) is 18.0 Å². The minimum Gasteiger partial charge on any atom is -0.491 e. The Morgan fingerprint density at radius 1 is 1.24 bits per heavy atom. The second-order valence-electron chi connectivity index (χ2n) is 5.40. The lowest BCUT2D eigenvalue weighted by atomic mass is 10.2. The first-order valence-electron chi connectivity index (χ1n) is 6.91. The van der Waals surface area contributed by atoms with E-state index in [0.717, 1.165) is 0 Å². The van der Waals surface area contributed by atoms with Crippen LogP contribution in [0.25, 0.3) is 0 Å². The average Bonchev–Trinajstić information content (AvgIpc) is 2.36. The molecule has 0 spiro atoms. The molecule has 0 atom stereocenters. The van der Waals surface area contributed by atoms with Crippen molar-refractivity contribution in [3.63, 3.8) is 0 Å². The van der Waals surface area contributed by atoms with Crippen LogP contribution in [0, 0.1) is 0 Å². The number of benzene rings is 1. The van der Waals surface area contributed by atoms with E-state index in [1.54, 1.807) is 18.2 Å². The minimum atomic E-state index is -0.529. The van der Waals surface area contributed by atoms with Gasteiger partial charge in [0.15, 0.2) is 0 Å². The molecule has 1 amide bonds. The van der Waals surface area contributed by atoms with E-state index >= 15 is 0 Å². The van der Waals surface area contributed by atoms with Crippen molar-refractivity contribution in [2.45, 2.75) is 26.4 Å². The zero-order chi connectivity index (χ0) is 15.7. The Hall–Kier alpha value is -1.79. The van der Waals surface area contributed by atoms with Crippen molar-refractivity contribution in [1.82, 2.24) is 0 Å². The van der Waals surface area contributed by atoms with Gasteiger partial charge < -0.3 is 19.9 Å². The van der Waals surface area contributed by atoms with Crippen molar-refractivity contribution in [2.24, 2.45) is 5.73 Å². The molecule has 21 heavy (non-hydrogen) atoms. The fourth-order valence-electron chi connectivity index (χ4n) is 1.49. The summed E-state index contributed by atoms with van der Waals surface area (Å²) in [5.41, 5.74) is 5.40. The van der Waals surface area contributed by atoms with Crippen LogP contribution in [-0.4, -0.2) is 38.1 Å². The van der Waals surface area contributed by atoms with E-state index in [2.05, 4.69) is 5.32 Å². The van der Waals surface area contributed by atoms with E-state index < -0.39 is 11.7 Å². The van der Waals surface area contributed by atoms with Crippen LogP contribution in [0.2, 0.25) is 0 Å². The zero-order valence-corrected chi connectivity index (χ0v) is 12.8. The summed E-state index contributed by atoms with van der Waals surface area (Å²) in [5.74, 6) is 0.653. The molecule has 0 aliphatic heterocycles. The van der Waals surface area contributed by atoms with Gasteiger partial charge in [0.05, 0.1) is 13.2 Å². The first-order chi connectivity index (χ1) is 9.90. The fraction of sp³-hybridized carbons (Fsp3) is 0.533. The van der Waals surface area contributed by atoms with E-state index in [-0.39, 0.29) is 0 Å². The van der Waals surface area contributed by atoms with Crippen molar-refractivity contribution >= 4 is 11.8 Å². The molecule has 0 bridgehead atoms. The average molecular weight is 296 g/mol. The number of nitrogens with two attached hydrogens (primary N) is 1. The summed E-state index contributed by atoms with van der Waals surface area (Å²) in [6, 6.07) is 7.10. The highest BCUT2D eigenvalue weighted by Gasteiger charge is 2.16. The summed E-state index contributed by atoms with van der Waals surface area (Å²) in [6.07, 6.45) is -0.495. The van der Waals surface area contributed by atoms with Crippen LogP contribution in [0.15, 0.2) is 24.3 Å². The van der Waals surface area contributed by atoms with Crippen molar-refractivity contribution in [1.29, 1.82) is 0 Å². The first-order valence-corrected chi connectivity index (χ1v) is 6.91. The molecule has 3 N–H and O–H groups in total. The van der Waals surface area contributed by atoms with Crippen molar-refractivity contribution < 1.29 is 19.0 Å². The molecule has 6 nitrogen and oxygen atoms in total. The van der Waals surface area contributed by atoms with E-state index in [9.17, 15) is 4.79 Å². The molecular weight excluding hydrogens is 272 g/mol. The van der Waals surface area contributed by atoms with E-state index in [1.165, 1.54) is 0 Å². The van der Waals surface area contributed by atoms with Crippen LogP contribution in [0.1, 0.15) is 20.8 Å². The van der Waals surface area contributed by atoms with Gasteiger partial charge in [0.25, 0.3) is 0 Å². The Bertz CT molecular complexity index is 444. The largest absolute Gasteiger partial charge is 0.491 e. The highest BCUT2D eigenvalue weighted by atomic mass is 16.6. The molecule has 0 unspecified atom stereocenters. The Kier molecular flexibility index (Phi) is 6.98. The number of hydrogen-bond donors (Lipinski definition) is 2. The second-order valence-corrected chi connectivity index (χ2v) is 5.40. The lowest BCUT2D eigenvalue weighted by Crippen LogP contribution is -2.27. The van der Waals surface area contributed by atoms with Gasteiger partial charge in [0.2, 0.25) is 0 Å². The van der Waals surface area contributed by atoms with Crippen LogP contribution >= 0.6 is 0 Å². The Morgan fingerprint density at radius 2 is 2.00 bits per heavy atom. The topological polar surface area (TPSA) is 82.8 Å². The highest BCUT2D eigenvalue weighted by Crippen LogP contribution is 2.18. The van der Waals surface area contributed by atoms with Crippen LogP contribution in [-0.2, 0) is 9.47 Å². The maximum Gasteiger partial charge on any atom is 0.412 e. The predicted octanol–water partition coefficient (Wildman–Crippen LogP) is 2.39. The van der Waals surface area contributed by atoms with Gasteiger partial charge in [-0.2, -0.15) is 0 Å². The van der Waals surface area contributed by atoms with Crippen molar-refractivity contribution in [2.75, 3.05) is 31.7 Å². The second kappa shape index (κ2) is 8.49. The number of carbonyl (C=O) groups excluding carboxylic acids is 1. The number of carbonyl (C=O) groups is 1. The third-order valence-electron chi connectivity index (χ3n) is 2.24. The van der Waals surface area contributed by atoms with Gasteiger partial charge in [-0.25, -0.2) is 4.79 Å². The monoisotopic (exact) mass is 296 g/mol. The van der Waals surface area contributed by atoms with Crippen LogP contribution in [0.5, 0.6) is 5.75 Å². The van der Waals surface area contributed by atoms with Crippen molar-refractivity contribution in [3.05, 3.63) is 24.3 Å². The number of hydrogen-bond acceptors (Lipinski definition) is 5. The molecule has 0 saturated carbocycles. The molecule has 0 heterocycles. The number of anilines is 1. The first kappa shape index (κ1) is 17.3. The molecule has 0 fully saturated rings. The molecule has 6 heteroatoms. The molecular formula is C15H24N2O4. The normalized spacial score (nSPS) is 11.0. The maximum absolute atomic E-state index is 11.7. The smallest absolute Gasteiger partial charge is 0.412 e. The van der Waals surface area contributed by atoms with Gasteiger partial charge in [-0.15, -0.1) is 0 Å². The van der Waals surface area contributed by atoms with E-state index in [4.69, 9.17) is 19.9 Å². The third kappa shape index (κ3) is 8.16. The minimum absolute atomic E-state index is 0.426. The maximum atomic E-state index is 11.7. The number of amides is 1. The summed E-state index contributed by atoms with van der Waals surface area (Å²) in [6.45, 7) is 7.35. The highest BCUT2D eigenvalue weighted by molar-refractivity contribution is 5.85. The van der Waals surface area contributed by atoms with E-state index in [1.807, 2.05) is 26.8 Å². The van der Waals surface area contributed by atoms with Gasteiger partial charge >= 0.3 is 6.09 Å². The summed E-state index contributed by atoms with van der Waals surface area (Å²) >= 11 is 0. The van der Waals surface area contributed by atoms with Gasteiger partial charge in [-0.05, 0) is 32.9 Å². The Morgan fingerprint density at radius 3 is 2.67 bits per heavy atom. The Labute approximate surface area is 125 Å². The molecule has 118 valence electrons. The lowest BCUT2D eigenvalue weighted by Gasteiger charge is -2.19. The Balaban J connectivity index is 2.43. The van der Waals surface area contributed by atoms with Crippen LogP contribution in [0.3, 0.4) is 0 Å².